The summed E-state index contributed by atoms with van der Waals surface area (Å²) in [5, 5.41) is 0.491. The van der Waals surface area contributed by atoms with Gasteiger partial charge in [0.15, 0.2) is 12.1 Å². The van der Waals surface area contributed by atoms with E-state index in [-0.39, 0.29) is 28.4 Å². The molecule has 0 bridgehead atoms. The summed E-state index contributed by atoms with van der Waals surface area (Å²) in [5.41, 5.74) is 12.2. The first-order valence-corrected chi connectivity index (χ1v) is 8.21. The van der Waals surface area contributed by atoms with Gasteiger partial charge in [0.25, 0.3) is 0 Å². The minimum absolute atomic E-state index is 0.0238. The van der Waals surface area contributed by atoms with Crippen molar-refractivity contribution in [2.45, 2.75) is 18.6 Å². The van der Waals surface area contributed by atoms with Gasteiger partial charge in [0.1, 0.15) is 11.6 Å². The van der Waals surface area contributed by atoms with Crippen molar-refractivity contribution in [3.05, 3.63) is 41.7 Å². The lowest BCUT2D eigenvalue weighted by Gasteiger charge is -2.42. The molecule has 2 heterocycles. The Balaban J connectivity index is 2.14. The van der Waals surface area contributed by atoms with Gasteiger partial charge in [0, 0.05) is 5.56 Å². The fraction of sp³-hybridized carbons (Fsp3) is 0.294. The maximum absolute atomic E-state index is 14.4. The van der Waals surface area contributed by atoms with Crippen LogP contribution in [0.15, 0.2) is 30.3 Å². The van der Waals surface area contributed by atoms with Crippen molar-refractivity contribution in [2.24, 2.45) is 11.5 Å². The maximum Gasteiger partial charge on any atom is 0.493 e. The molecule has 3 rings (SSSR count). The quantitative estimate of drug-likeness (QED) is 0.732. The third kappa shape index (κ3) is 3.69. The van der Waals surface area contributed by atoms with Crippen LogP contribution in [0.25, 0.3) is 11.3 Å². The number of pyridine rings is 1. The van der Waals surface area contributed by atoms with Gasteiger partial charge in [-0.05, 0) is 25.2 Å². The summed E-state index contributed by atoms with van der Waals surface area (Å²) in [7, 11) is 2.76. The number of carbonyl (C=O) groups is 1. The molecule has 0 radical (unpaired) electrons. The first-order valence-electron chi connectivity index (χ1n) is 8.21. The van der Waals surface area contributed by atoms with Crippen LogP contribution in [-0.2, 0) is 9.63 Å². The molecule has 4 N–H and O–H groups in total. The van der Waals surface area contributed by atoms with E-state index in [1.807, 2.05) is 0 Å². The van der Waals surface area contributed by atoms with Crippen LogP contribution >= 0.6 is 0 Å². The highest BCUT2D eigenvalue weighted by Crippen LogP contribution is 2.38. The van der Waals surface area contributed by atoms with Gasteiger partial charge >= 0.3 is 12.1 Å². The number of ether oxygens (including phenoxy) is 1. The number of aromatic nitrogens is 1. The lowest BCUT2D eigenvalue weighted by molar-refractivity contribution is -0.204. The number of nitrogens with zero attached hydrogens (tertiary/aromatic N) is 3. The second kappa shape index (κ2) is 7.46. The third-order valence-corrected chi connectivity index (χ3v) is 4.39. The van der Waals surface area contributed by atoms with Gasteiger partial charge < -0.3 is 15.3 Å². The van der Waals surface area contributed by atoms with Crippen LogP contribution in [0.2, 0.25) is 0 Å². The Morgan fingerprint density at radius 3 is 2.52 bits per heavy atom. The number of halogens is 4. The highest BCUT2D eigenvalue weighted by molar-refractivity contribution is 5.77. The predicted octanol–water partition coefficient (Wildman–Crippen LogP) is 1.87. The molecule has 0 aliphatic carbocycles. The number of rotatable bonds is 3. The van der Waals surface area contributed by atoms with Crippen molar-refractivity contribution in [2.75, 3.05) is 19.2 Å². The molecule has 2 aromatic rings. The fourth-order valence-corrected chi connectivity index (χ4v) is 2.84. The van der Waals surface area contributed by atoms with Crippen molar-refractivity contribution < 1.29 is 31.9 Å². The van der Waals surface area contributed by atoms with Gasteiger partial charge in [0.2, 0.25) is 0 Å². The first-order chi connectivity index (χ1) is 13.6. The van der Waals surface area contributed by atoms with Crippen LogP contribution in [0, 0.1) is 5.82 Å². The number of alkyl halides is 3. The van der Waals surface area contributed by atoms with E-state index in [1.54, 1.807) is 0 Å². The Bertz CT molecular complexity index is 940. The second-order valence-electron chi connectivity index (χ2n) is 6.15. The summed E-state index contributed by atoms with van der Waals surface area (Å²) < 4.78 is 57.7. The molecule has 0 fully saturated rings. The number of hydrogen-bond donors (Lipinski definition) is 2. The number of benzene rings is 1. The molecule has 1 aliphatic rings. The summed E-state index contributed by atoms with van der Waals surface area (Å²) in [6.07, 6.45) is -7.48. The van der Waals surface area contributed by atoms with E-state index in [0.29, 0.717) is 5.06 Å². The zero-order valence-electron chi connectivity index (χ0n) is 15.3. The molecule has 2 atom stereocenters. The van der Waals surface area contributed by atoms with Gasteiger partial charge in [0.05, 0.1) is 24.5 Å². The zero-order valence-corrected chi connectivity index (χ0v) is 15.3. The number of anilines is 1. The SMILES string of the molecule is COc1cccc(F)c1-c1ccc2c(n1)N(OC(=O)C(F)(F)F)C(N)N(C)C2N. The monoisotopic (exact) mass is 415 g/mol. The Labute approximate surface area is 162 Å². The van der Waals surface area contributed by atoms with E-state index in [2.05, 4.69) is 9.82 Å². The predicted molar refractivity (Wildman–Crippen MR) is 93.5 cm³/mol. The summed E-state index contributed by atoms with van der Waals surface area (Å²) in [5.74, 6) is -3.25. The van der Waals surface area contributed by atoms with Crippen LogP contribution in [0.4, 0.5) is 23.4 Å². The van der Waals surface area contributed by atoms with Gasteiger partial charge in [-0.3, -0.25) is 10.6 Å². The lowest BCUT2D eigenvalue weighted by atomic mass is 10.1. The minimum atomic E-state index is -5.26. The van der Waals surface area contributed by atoms with Crippen LogP contribution in [0.3, 0.4) is 0 Å². The molecule has 12 heteroatoms. The van der Waals surface area contributed by atoms with Crippen molar-refractivity contribution in [3.8, 4) is 17.0 Å². The van der Waals surface area contributed by atoms with Crippen LogP contribution in [0.1, 0.15) is 11.7 Å². The lowest BCUT2D eigenvalue weighted by Crippen LogP contribution is -2.60. The molecular formula is C17H17F4N5O3. The number of fused-ring (bicyclic) bond motifs is 1. The number of hydroxylamine groups is 1. The molecule has 0 saturated heterocycles. The van der Waals surface area contributed by atoms with Gasteiger partial charge in [-0.1, -0.05) is 12.1 Å². The Morgan fingerprint density at radius 1 is 1.21 bits per heavy atom. The summed E-state index contributed by atoms with van der Waals surface area (Å²) >= 11 is 0. The number of methoxy groups -OCH3 is 1. The second-order valence-corrected chi connectivity index (χ2v) is 6.15. The molecule has 0 amide bonds. The molecule has 156 valence electrons. The topological polar surface area (TPSA) is 107 Å². The molecular weight excluding hydrogens is 398 g/mol. The molecule has 29 heavy (non-hydrogen) atoms. The van der Waals surface area contributed by atoms with Crippen LogP contribution in [-0.4, -0.2) is 42.5 Å². The fourth-order valence-electron chi connectivity index (χ4n) is 2.84. The van der Waals surface area contributed by atoms with E-state index in [9.17, 15) is 22.4 Å². The molecule has 8 nitrogen and oxygen atoms in total. The van der Waals surface area contributed by atoms with E-state index >= 15 is 0 Å². The Morgan fingerprint density at radius 2 is 1.90 bits per heavy atom. The van der Waals surface area contributed by atoms with E-state index in [1.165, 1.54) is 49.4 Å². The van der Waals surface area contributed by atoms with Crippen LogP contribution < -0.4 is 21.3 Å². The summed E-state index contributed by atoms with van der Waals surface area (Å²) in [4.78, 5) is 21.3. The highest BCUT2D eigenvalue weighted by Gasteiger charge is 2.46. The molecule has 1 aliphatic heterocycles. The number of hydrogen-bond acceptors (Lipinski definition) is 8. The average molecular weight is 415 g/mol. The molecule has 2 unspecified atom stereocenters. The van der Waals surface area contributed by atoms with E-state index < -0.39 is 30.4 Å². The standard InChI is InChI=1S/C17H17F4N5O3/c1-25-13(22)8-6-7-10(12-9(18)4-3-5-11(12)28-2)24-14(8)26(16(25)23)29-15(27)17(19,20)21/h3-7,13,16H,22-23H2,1-2H3. The van der Waals surface area contributed by atoms with Gasteiger partial charge in [-0.25, -0.2) is 14.2 Å². The number of carbonyl (C=O) groups excluding carboxylic acids is 1. The molecule has 1 aromatic heterocycles. The van der Waals surface area contributed by atoms with Crippen molar-refractivity contribution in [1.29, 1.82) is 0 Å². The van der Waals surface area contributed by atoms with E-state index in [4.69, 9.17) is 16.2 Å². The van der Waals surface area contributed by atoms with Crippen molar-refractivity contribution in [3.63, 3.8) is 0 Å². The van der Waals surface area contributed by atoms with Gasteiger partial charge in [-0.15, -0.1) is 0 Å². The normalized spacial score (nSPS) is 19.7. The highest BCUT2D eigenvalue weighted by atomic mass is 19.4. The Hall–Kier alpha value is -2.96. The van der Waals surface area contributed by atoms with Crippen LogP contribution in [0.5, 0.6) is 5.75 Å². The largest absolute Gasteiger partial charge is 0.496 e. The molecule has 0 spiro atoms. The molecule has 0 saturated carbocycles. The smallest absolute Gasteiger partial charge is 0.493 e. The Kier molecular flexibility index (Phi) is 5.34. The summed E-state index contributed by atoms with van der Waals surface area (Å²) in [6.45, 7) is 0. The third-order valence-electron chi connectivity index (χ3n) is 4.39. The maximum atomic E-state index is 14.4. The minimum Gasteiger partial charge on any atom is -0.496 e. The average Bonchev–Trinajstić information content (AvgIpc) is 2.68. The van der Waals surface area contributed by atoms with E-state index in [0.717, 1.165) is 0 Å². The molecule has 1 aromatic carbocycles. The number of nitrogens with two attached hydrogens (primary N) is 2. The van der Waals surface area contributed by atoms with Crippen molar-refractivity contribution >= 4 is 11.8 Å². The first kappa shape index (κ1) is 20.8. The zero-order chi connectivity index (χ0) is 21.5. The van der Waals surface area contributed by atoms with Gasteiger partial charge in [-0.2, -0.15) is 18.2 Å². The van der Waals surface area contributed by atoms with Crippen molar-refractivity contribution in [1.82, 2.24) is 9.88 Å². The summed E-state index contributed by atoms with van der Waals surface area (Å²) in [6, 6.07) is 6.95.